The van der Waals surface area contributed by atoms with Crippen molar-refractivity contribution in [1.82, 2.24) is 5.16 Å². The van der Waals surface area contributed by atoms with E-state index in [0.717, 1.165) is 10.6 Å². The summed E-state index contributed by atoms with van der Waals surface area (Å²) in [5.41, 5.74) is 1.94. The van der Waals surface area contributed by atoms with Crippen LogP contribution in [0.4, 0.5) is 5.88 Å². The highest BCUT2D eigenvalue weighted by Gasteiger charge is 2.19. The molecule has 1 heterocycles. The van der Waals surface area contributed by atoms with Crippen LogP contribution in [0.5, 0.6) is 0 Å². The monoisotopic (exact) mass is 304 g/mol. The average Bonchev–Trinajstić information content (AvgIpc) is 2.86. The number of hydrogen-bond donors (Lipinski definition) is 1. The molecule has 0 bridgehead atoms. The lowest BCUT2D eigenvalue weighted by Gasteiger charge is -2.12. The predicted molar refractivity (Wildman–Crippen MR) is 85.7 cm³/mol. The van der Waals surface area contributed by atoms with E-state index >= 15 is 0 Å². The molecule has 1 N–H and O–H groups in total. The maximum Gasteiger partial charge on any atom is 0.237 e. The number of nitrogens with one attached hydrogen (secondary N) is 1. The fourth-order valence-corrected chi connectivity index (χ4v) is 2.34. The average molecular weight is 304 g/mol. The lowest BCUT2D eigenvalue weighted by molar-refractivity contribution is -0.113. The maximum absolute atomic E-state index is 11.9. The molecule has 0 aliphatic heterocycles. The molecule has 0 spiro atoms. The predicted octanol–water partition coefficient (Wildman–Crippen LogP) is 4.01. The summed E-state index contributed by atoms with van der Waals surface area (Å²) in [6, 6.07) is 9.87. The van der Waals surface area contributed by atoms with Crippen LogP contribution in [-0.4, -0.2) is 16.8 Å². The second-order valence-electron chi connectivity index (χ2n) is 5.98. The van der Waals surface area contributed by atoms with Crippen molar-refractivity contribution >= 4 is 23.6 Å². The van der Waals surface area contributed by atoms with Crippen LogP contribution in [0.3, 0.4) is 0 Å². The van der Waals surface area contributed by atoms with Gasteiger partial charge in [-0.05, 0) is 19.1 Å². The van der Waals surface area contributed by atoms with Gasteiger partial charge >= 0.3 is 0 Å². The summed E-state index contributed by atoms with van der Waals surface area (Å²) in [6.45, 7) is 8.18. The van der Waals surface area contributed by atoms with Crippen molar-refractivity contribution in [3.63, 3.8) is 0 Å². The summed E-state index contributed by atoms with van der Waals surface area (Å²) in [6.07, 6.45) is 0. The highest BCUT2D eigenvalue weighted by Crippen LogP contribution is 2.24. The van der Waals surface area contributed by atoms with Crippen LogP contribution in [0.1, 0.15) is 32.0 Å². The minimum Gasteiger partial charge on any atom is -0.338 e. The van der Waals surface area contributed by atoms with Gasteiger partial charge in [0.1, 0.15) is 0 Å². The van der Waals surface area contributed by atoms with Gasteiger partial charge < -0.3 is 4.52 Å². The van der Waals surface area contributed by atoms with Crippen LogP contribution in [0, 0.1) is 6.92 Å². The first-order chi connectivity index (χ1) is 9.84. The Morgan fingerprint density at radius 3 is 2.52 bits per heavy atom. The van der Waals surface area contributed by atoms with E-state index in [4.69, 9.17) is 4.52 Å². The fraction of sp³-hybridized carbons (Fsp3) is 0.375. The molecule has 1 aromatic heterocycles. The van der Waals surface area contributed by atoms with Gasteiger partial charge in [-0.15, -0.1) is 11.8 Å². The maximum atomic E-state index is 11.9. The van der Waals surface area contributed by atoms with Gasteiger partial charge in [-0.3, -0.25) is 10.1 Å². The Morgan fingerprint density at radius 2 is 1.95 bits per heavy atom. The van der Waals surface area contributed by atoms with E-state index in [2.05, 4.69) is 10.5 Å². The van der Waals surface area contributed by atoms with Crippen molar-refractivity contribution in [2.75, 3.05) is 11.1 Å². The Kier molecular flexibility index (Phi) is 4.73. The molecule has 5 heteroatoms. The zero-order valence-electron chi connectivity index (χ0n) is 12.8. The van der Waals surface area contributed by atoms with Gasteiger partial charge in [0, 0.05) is 16.4 Å². The van der Waals surface area contributed by atoms with E-state index < -0.39 is 0 Å². The number of benzene rings is 1. The molecular formula is C16H20N2O2S. The third-order valence-electron chi connectivity index (χ3n) is 2.93. The summed E-state index contributed by atoms with van der Waals surface area (Å²) < 4.78 is 5.14. The Morgan fingerprint density at radius 1 is 1.29 bits per heavy atom. The van der Waals surface area contributed by atoms with E-state index in [9.17, 15) is 4.79 Å². The summed E-state index contributed by atoms with van der Waals surface area (Å²) in [5.74, 6) is 0.640. The van der Waals surface area contributed by atoms with Gasteiger partial charge in [0.2, 0.25) is 11.8 Å². The lowest BCUT2D eigenvalue weighted by Crippen LogP contribution is -2.14. The van der Waals surface area contributed by atoms with Gasteiger partial charge in [-0.25, -0.2) is 0 Å². The molecule has 0 unspecified atom stereocenters. The second-order valence-corrected chi connectivity index (χ2v) is 7.03. The minimum absolute atomic E-state index is 0.0941. The van der Waals surface area contributed by atoms with Crippen LogP contribution >= 0.6 is 11.8 Å². The van der Waals surface area contributed by atoms with Crippen molar-refractivity contribution in [2.45, 2.75) is 38.0 Å². The molecule has 2 rings (SSSR count). The standard InChI is InChI=1S/C16H20N2O2S/c1-11-5-7-12(8-6-11)21-10-14(19)17-15-9-13(18-20-15)16(2,3)4/h5-9H,10H2,1-4H3,(H,17,19). The molecule has 0 saturated heterocycles. The molecule has 4 nitrogen and oxygen atoms in total. The quantitative estimate of drug-likeness (QED) is 0.867. The number of aromatic nitrogens is 1. The molecule has 0 aliphatic carbocycles. The highest BCUT2D eigenvalue weighted by molar-refractivity contribution is 8.00. The smallest absolute Gasteiger partial charge is 0.237 e. The zero-order valence-corrected chi connectivity index (χ0v) is 13.6. The second kappa shape index (κ2) is 6.35. The Hall–Kier alpha value is -1.75. The normalized spacial score (nSPS) is 11.4. The molecule has 0 aliphatic rings. The zero-order chi connectivity index (χ0) is 15.5. The Balaban J connectivity index is 1.87. The van der Waals surface area contributed by atoms with Crippen LogP contribution < -0.4 is 5.32 Å². The third kappa shape index (κ3) is 4.63. The van der Waals surface area contributed by atoms with E-state index in [1.807, 2.05) is 52.0 Å². The SMILES string of the molecule is Cc1ccc(SCC(=O)Nc2cc(C(C)(C)C)no2)cc1. The summed E-state index contributed by atoms with van der Waals surface area (Å²) >= 11 is 1.49. The molecule has 0 atom stereocenters. The number of aryl methyl sites for hydroxylation is 1. The van der Waals surface area contributed by atoms with Gasteiger partial charge in [-0.1, -0.05) is 43.6 Å². The largest absolute Gasteiger partial charge is 0.338 e. The Bertz CT molecular complexity index is 612. The molecule has 1 amide bonds. The summed E-state index contributed by atoms with van der Waals surface area (Å²) in [7, 11) is 0. The van der Waals surface area contributed by atoms with Crippen LogP contribution in [0.2, 0.25) is 0 Å². The summed E-state index contributed by atoms with van der Waals surface area (Å²) in [5, 5.41) is 6.70. The van der Waals surface area contributed by atoms with Crippen molar-refractivity contribution in [2.24, 2.45) is 0 Å². The van der Waals surface area contributed by atoms with Crippen molar-refractivity contribution < 1.29 is 9.32 Å². The van der Waals surface area contributed by atoms with E-state index in [0.29, 0.717) is 11.6 Å². The number of carbonyl (C=O) groups excluding carboxylic acids is 1. The molecule has 21 heavy (non-hydrogen) atoms. The molecule has 0 saturated carbocycles. The van der Waals surface area contributed by atoms with Crippen LogP contribution in [0.25, 0.3) is 0 Å². The highest BCUT2D eigenvalue weighted by atomic mass is 32.2. The first-order valence-electron chi connectivity index (χ1n) is 6.81. The topological polar surface area (TPSA) is 55.1 Å². The number of anilines is 1. The third-order valence-corrected chi connectivity index (χ3v) is 3.94. The number of carbonyl (C=O) groups is 1. The molecule has 2 aromatic rings. The van der Waals surface area contributed by atoms with Crippen molar-refractivity contribution in [1.29, 1.82) is 0 Å². The van der Waals surface area contributed by atoms with Crippen molar-refractivity contribution in [3.05, 3.63) is 41.6 Å². The van der Waals surface area contributed by atoms with Gasteiger partial charge in [0.05, 0.1) is 11.4 Å². The molecular weight excluding hydrogens is 284 g/mol. The van der Waals surface area contributed by atoms with Crippen molar-refractivity contribution in [3.8, 4) is 0 Å². The fourth-order valence-electron chi connectivity index (χ4n) is 1.64. The first-order valence-corrected chi connectivity index (χ1v) is 7.80. The molecule has 112 valence electrons. The number of rotatable bonds is 4. The number of hydrogen-bond acceptors (Lipinski definition) is 4. The number of nitrogens with zero attached hydrogens (tertiary/aromatic N) is 1. The number of amides is 1. The Labute approximate surface area is 129 Å². The van der Waals surface area contributed by atoms with E-state index in [1.54, 1.807) is 6.07 Å². The minimum atomic E-state index is -0.0998. The molecule has 0 radical (unpaired) electrons. The van der Waals surface area contributed by atoms with Gasteiger partial charge in [-0.2, -0.15) is 0 Å². The van der Waals surface area contributed by atoms with E-state index in [1.165, 1.54) is 17.3 Å². The first kappa shape index (κ1) is 15.6. The van der Waals surface area contributed by atoms with Crippen LogP contribution in [0.15, 0.2) is 39.8 Å². The number of thioether (sulfide) groups is 1. The van der Waals surface area contributed by atoms with Gasteiger partial charge in [0.25, 0.3) is 0 Å². The van der Waals surface area contributed by atoms with Gasteiger partial charge in [0.15, 0.2) is 0 Å². The molecule has 1 aromatic carbocycles. The van der Waals surface area contributed by atoms with E-state index in [-0.39, 0.29) is 11.3 Å². The molecule has 0 fully saturated rings. The van der Waals surface area contributed by atoms with Crippen LogP contribution in [-0.2, 0) is 10.2 Å². The lowest BCUT2D eigenvalue weighted by atomic mass is 9.92. The summed E-state index contributed by atoms with van der Waals surface area (Å²) in [4.78, 5) is 13.0.